The molecule has 1 aromatic heterocycles. The number of aromatic nitrogens is 1. The molecule has 0 spiro atoms. The summed E-state index contributed by atoms with van der Waals surface area (Å²) in [4.78, 5) is 31.2. The molecule has 2 fully saturated rings. The fraction of sp³-hybridized carbons (Fsp3) is 0.588. The van der Waals surface area contributed by atoms with Gasteiger partial charge in [0.25, 0.3) is 0 Å². The molecule has 0 radical (unpaired) electrons. The Morgan fingerprint density at radius 1 is 1.33 bits per heavy atom. The second-order valence-corrected chi connectivity index (χ2v) is 8.21. The number of carbonyl (C=O) groups is 2. The van der Waals surface area contributed by atoms with E-state index in [1.807, 2.05) is 20.8 Å². The quantitative estimate of drug-likeness (QED) is 0.776. The normalized spacial score (nSPS) is 25.7. The van der Waals surface area contributed by atoms with Crippen LogP contribution in [0, 0.1) is 5.92 Å². The van der Waals surface area contributed by atoms with Crippen LogP contribution in [-0.2, 0) is 9.53 Å². The second kappa shape index (κ2) is 6.35. The van der Waals surface area contributed by atoms with Gasteiger partial charge in [0.15, 0.2) is 0 Å². The summed E-state index contributed by atoms with van der Waals surface area (Å²) in [6.07, 6.45) is 2.36. The predicted molar refractivity (Wildman–Crippen MR) is 93.6 cm³/mol. The van der Waals surface area contributed by atoms with E-state index in [1.54, 1.807) is 23.1 Å². The first-order valence-corrected chi connectivity index (χ1v) is 8.98. The Hall–Kier alpha value is -1.63. The summed E-state index contributed by atoms with van der Waals surface area (Å²) in [6.45, 7) is 5.50. The molecule has 3 atom stereocenters. The smallest absolute Gasteiger partial charge is 0.411 e. The van der Waals surface area contributed by atoms with Crippen molar-refractivity contribution in [3.05, 3.63) is 22.8 Å². The number of nitrogens with one attached hydrogen (secondary N) is 1. The molecule has 2 bridgehead atoms. The van der Waals surface area contributed by atoms with Crippen molar-refractivity contribution in [2.24, 2.45) is 5.92 Å². The van der Waals surface area contributed by atoms with Crippen LogP contribution in [0.15, 0.2) is 22.8 Å². The SMILES string of the molecule is CC(C)(C)OC(=O)N1[C@H]2CC[C@H](C2)[C@H]1C(=O)Nc1cccc(Br)n1. The molecule has 0 unspecified atom stereocenters. The molecule has 1 aromatic rings. The summed E-state index contributed by atoms with van der Waals surface area (Å²) < 4.78 is 6.16. The van der Waals surface area contributed by atoms with Gasteiger partial charge in [0, 0.05) is 6.04 Å². The fourth-order valence-corrected chi connectivity index (χ4v) is 3.92. The van der Waals surface area contributed by atoms with Crippen LogP contribution < -0.4 is 5.32 Å². The highest BCUT2D eigenvalue weighted by atomic mass is 79.9. The average molecular weight is 396 g/mol. The van der Waals surface area contributed by atoms with E-state index in [1.165, 1.54) is 0 Å². The zero-order chi connectivity index (χ0) is 17.5. The number of carbonyl (C=O) groups excluding carboxylic acids is 2. The third kappa shape index (κ3) is 3.55. The van der Waals surface area contributed by atoms with Crippen LogP contribution in [0.2, 0.25) is 0 Å². The lowest BCUT2D eigenvalue weighted by atomic mass is 9.98. The molecule has 2 heterocycles. The van der Waals surface area contributed by atoms with E-state index in [9.17, 15) is 9.59 Å². The van der Waals surface area contributed by atoms with E-state index in [0.717, 1.165) is 19.3 Å². The predicted octanol–water partition coefficient (Wildman–Crippen LogP) is 3.57. The number of anilines is 1. The van der Waals surface area contributed by atoms with Crippen molar-refractivity contribution in [2.45, 2.75) is 57.7 Å². The first-order valence-electron chi connectivity index (χ1n) is 8.19. The molecule has 1 aliphatic carbocycles. The largest absolute Gasteiger partial charge is 0.444 e. The molecule has 3 rings (SSSR count). The molecule has 6 nitrogen and oxygen atoms in total. The van der Waals surface area contributed by atoms with E-state index < -0.39 is 17.7 Å². The van der Waals surface area contributed by atoms with Gasteiger partial charge in [0.05, 0.1) is 0 Å². The van der Waals surface area contributed by atoms with Crippen molar-refractivity contribution in [2.75, 3.05) is 5.32 Å². The maximum Gasteiger partial charge on any atom is 0.411 e. The van der Waals surface area contributed by atoms with Crippen molar-refractivity contribution in [3.63, 3.8) is 0 Å². The Morgan fingerprint density at radius 3 is 2.75 bits per heavy atom. The van der Waals surface area contributed by atoms with E-state index in [0.29, 0.717) is 10.4 Å². The van der Waals surface area contributed by atoms with Crippen LogP contribution in [0.5, 0.6) is 0 Å². The minimum absolute atomic E-state index is 0.0936. The zero-order valence-corrected chi connectivity index (χ0v) is 15.7. The van der Waals surface area contributed by atoms with Gasteiger partial charge < -0.3 is 10.1 Å². The summed E-state index contributed by atoms with van der Waals surface area (Å²) in [5.74, 6) is 0.467. The van der Waals surface area contributed by atoms with Gasteiger partial charge in [0.1, 0.15) is 22.1 Å². The zero-order valence-electron chi connectivity index (χ0n) is 14.1. The number of hydrogen-bond acceptors (Lipinski definition) is 4. The monoisotopic (exact) mass is 395 g/mol. The molecule has 2 amide bonds. The number of hydrogen-bond donors (Lipinski definition) is 1. The van der Waals surface area contributed by atoms with Crippen LogP contribution in [0.3, 0.4) is 0 Å². The van der Waals surface area contributed by atoms with Gasteiger partial charge in [-0.05, 0) is 74.0 Å². The van der Waals surface area contributed by atoms with Gasteiger partial charge in [-0.2, -0.15) is 0 Å². The van der Waals surface area contributed by atoms with Gasteiger partial charge in [-0.1, -0.05) is 6.07 Å². The number of pyridine rings is 1. The van der Waals surface area contributed by atoms with Gasteiger partial charge in [-0.3, -0.25) is 9.69 Å². The van der Waals surface area contributed by atoms with Crippen molar-refractivity contribution < 1.29 is 14.3 Å². The number of fused-ring (bicyclic) bond motifs is 2. The number of halogens is 1. The molecule has 1 aliphatic heterocycles. The molecule has 1 saturated heterocycles. The van der Waals surface area contributed by atoms with Gasteiger partial charge in [-0.25, -0.2) is 9.78 Å². The first-order chi connectivity index (χ1) is 11.2. The fourth-order valence-electron chi connectivity index (χ4n) is 3.58. The molecule has 1 N–H and O–H groups in total. The van der Waals surface area contributed by atoms with Crippen LogP contribution in [0.1, 0.15) is 40.0 Å². The van der Waals surface area contributed by atoms with E-state index in [2.05, 4.69) is 26.2 Å². The van der Waals surface area contributed by atoms with Crippen LogP contribution in [0.25, 0.3) is 0 Å². The maximum atomic E-state index is 12.8. The molecule has 1 saturated carbocycles. The highest BCUT2D eigenvalue weighted by Crippen LogP contribution is 2.43. The third-order valence-corrected chi connectivity index (χ3v) is 4.87. The number of nitrogens with zero attached hydrogens (tertiary/aromatic N) is 2. The van der Waals surface area contributed by atoms with Crippen molar-refractivity contribution in [1.82, 2.24) is 9.88 Å². The summed E-state index contributed by atoms with van der Waals surface area (Å²) in [5, 5.41) is 2.83. The lowest BCUT2D eigenvalue weighted by Gasteiger charge is -2.35. The summed E-state index contributed by atoms with van der Waals surface area (Å²) in [5.41, 5.74) is -0.578. The molecular formula is C17H22BrN3O3. The standard InChI is InChI=1S/C17H22BrN3O3/c1-17(2,3)24-16(23)21-11-8-7-10(9-11)14(21)15(22)20-13-6-4-5-12(18)19-13/h4-6,10-11,14H,7-9H2,1-3H3,(H,19,20,22)/t10-,11+,14+/m1/s1. The van der Waals surface area contributed by atoms with E-state index >= 15 is 0 Å². The van der Waals surface area contributed by atoms with E-state index in [4.69, 9.17) is 4.74 Å². The minimum Gasteiger partial charge on any atom is -0.444 e. The number of likely N-dealkylation sites (tertiary alicyclic amines) is 1. The topological polar surface area (TPSA) is 71.5 Å². The van der Waals surface area contributed by atoms with Crippen LogP contribution in [0.4, 0.5) is 10.6 Å². The molecule has 0 aromatic carbocycles. The van der Waals surface area contributed by atoms with Crippen molar-refractivity contribution in [3.8, 4) is 0 Å². The Morgan fingerprint density at radius 2 is 2.08 bits per heavy atom. The minimum atomic E-state index is -0.578. The Bertz CT molecular complexity index is 659. The second-order valence-electron chi connectivity index (χ2n) is 7.39. The van der Waals surface area contributed by atoms with E-state index in [-0.39, 0.29) is 17.9 Å². The first kappa shape index (κ1) is 17.2. The maximum absolute atomic E-state index is 12.8. The third-order valence-electron chi connectivity index (χ3n) is 4.42. The lowest BCUT2D eigenvalue weighted by Crippen LogP contribution is -2.52. The molecule has 7 heteroatoms. The Labute approximate surface area is 150 Å². The highest BCUT2D eigenvalue weighted by Gasteiger charge is 2.52. The molecule has 2 aliphatic rings. The van der Waals surface area contributed by atoms with Gasteiger partial charge >= 0.3 is 6.09 Å². The van der Waals surface area contributed by atoms with Crippen molar-refractivity contribution in [1.29, 1.82) is 0 Å². The number of rotatable bonds is 2. The van der Waals surface area contributed by atoms with Crippen LogP contribution in [-0.4, -0.2) is 39.6 Å². The van der Waals surface area contributed by atoms with Crippen LogP contribution >= 0.6 is 15.9 Å². The van der Waals surface area contributed by atoms with Gasteiger partial charge in [-0.15, -0.1) is 0 Å². The molecule has 24 heavy (non-hydrogen) atoms. The number of amides is 2. The molecule has 130 valence electrons. The highest BCUT2D eigenvalue weighted by molar-refractivity contribution is 9.10. The van der Waals surface area contributed by atoms with Gasteiger partial charge in [0.2, 0.25) is 5.91 Å². The Balaban J connectivity index is 1.77. The Kier molecular flexibility index (Phi) is 4.55. The lowest BCUT2D eigenvalue weighted by molar-refractivity contribution is -0.122. The number of ether oxygens (including phenoxy) is 1. The average Bonchev–Trinajstić information content (AvgIpc) is 3.05. The summed E-state index contributed by atoms with van der Waals surface area (Å²) in [6, 6.07) is 4.93. The molecular weight excluding hydrogens is 374 g/mol. The number of piperidine rings is 1. The van der Waals surface area contributed by atoms with Crippen molar-refractivity contribution >= 4 is 33.7 Å². The summed E-state index contributed by atoms with van der Waals surface area (Å²) in [7, 11) is 0. The summed E-state index contributed by atoms with van der Waals surface area (Å²) >= 11 is 3.29.